The van der Waals surface area contributed by atoms with E-state index in [2.05, 4.69) is 36.1 Å². The molecule has 0 amide bonds. The number of hydrogen-bond acceptors (Lipinski definition) is 6. The molecule has 0 radical (unpaired) electrons. The highest BCUT2D eigenvalue weighted by atomic mass is 79.9. The van der Waals surface area contributed by atoms with Crippen molar-refractivity contribution in [3.63, 3.8) is 0 Å². The number of carbonyl (C=O) groups is 1. The summed E-state index contributed by atoms with van der Waals surface area (Å²) in [6.07, 6.45) is 0. The molecule has 0 aliphatic heterocycles. The second-order valence-corrected chi connectivity index (χ2v) is 6.16. The Balaban J connectivity index is 2.37. The topological polar surface area (TPSA) is 127 Å². The third kappa shape index (κ3) is 2.93. The molecule has 0 bridgehead atoms. The molecular weight excluding hydrogens is 354 g/mol. The average molecular weight is 362 g/mol. The van der Waals surface area contributed by atoms with Gasteiger partial charge in [-0.2, -0.15) is 4.80 Å². The normalized spacial score (nSPS) is 11.3. The zero-order valence-corrected chi connectivity index (χ0v) is 12.4. The molecule has 1 aromatic heterocycles. The second kappa shape index (κ2) is 5.17. The lowest BCUT2D eigenvalue weighted by molar-refractivity contribution is 0.0696. The minimum atomic E-state index is -3.94. The van der Waals surface area contributed by atoms with E-state index >= 15 is 0 Å². The summed E-state index contributed by atoms with van der Waals surface area (Å²) < 4.78 is 26.5. The fourth-order valence-corrected chi connectivity index (χ4v) is 3.36. The maximum atomic E-state index is 12.1. The lowest BCUT2D eigenvalue weighted by Gasteiger charge is -2.07. The number of rotatable bonds is 4. The molecule has 0 saturated heterocycles. The van der Waals surface area contributed by atoms with Gasteiger partial charge in [0.05, 0.1) is 12.6 Å². The van der Waals surface area contributed by atoms with Crippen molar-refractivity contribution in [2.24, 2.45) is 7.05 Å². The molecule has 1 aromatic carbocycles. The summed E-state index contributed by atoms with van der Waals surface area (Å²) in [5.41, 5.74) is -0.0338. The summed E-state index contributed by atoms with van der Waals surface area (Å²) in [6, 6.07) is 3.55. The van der Waals surface area contributed by atoms with E-state index in [1.165, 1.54) is 25.2 Å². The standard InChI is InChI=1S/C9H8BrN5O4S/c1-15-12-9(11-14-15)13-20(18,19)7-3-2-5(8(16)17)4-6(7)10/h2-4H,1H3,(H,12,13)(H,16,17). The van der Waals surface area contributed by atoms with Gasteiger partial charge in [-0.15, -0.1) is 5.10 Å². The van der Waals surface area contributed by atoms with E-state index in [1.807, 2.05) is 0 Å². The molecule has 0 aliphatic rings. The number of aromatic nitrogens is 4. The van der Waals surface area contributed by atoms with E-state index in [-0.39, 0.29) is 20.9 Å². The van der Waals surface area contributed by atoms with Crippen LogP contribution in [0.3, 0.4) is 0 Å². The van der Waals surface area contributed by atoms with Crippen LogP contribution < -0.4 is 4.72 Å². The first-order chi connectivity index (χ1) is 9.29. The van der Waals surface area contributed by atoms with Crippen molar-refractivity contribution in [2.45, 2.75) is 4.90 Å². The van der Waals surface area contributed by atoms with Crippen molar-refractivity contribution in [3.8, 4) is 0 Å². The monoisotopic (exact) mass is 361 g/mol. The van der Waals surface area contributed by atoms with E-state index < -0.39 is 16.0 Å². The van der Waals surface area contributed by atoms with Crippen LogP contribution in [-0.2, 0) is 17.1 Å². The fourth-order valence-electron chi connectivity index (χ4n) is 1.35. The molecule has 2 N–H and O–H groups in total. The molecule has 1 heterocycles. The molecular formula is C9H8BrN5O4S. The Morgan fingerprint density at radius 1 is 1.45 bits per heavy atom. The third-order valence-electron chi connectivity index (χ3n) is 2.20. The van der Waals surface area contributed by atoms with Crippen LogP contribution in [0.25, 0.3) is 0 Å². The second-order valence-electron chi connectivity index (χ2n) is 3.66. The largest absolute Gasteiger partial charge is 0.478 e. The quantitative estimate of drug-likeness (QED) is 0.809. The van der Waals surface area contributed by atoms with Crippen molar-refractivity contribution in [1.29, 1.82) is 0 Å². The lowest BCUT2D eigenvalue weighted by atomic mass is 10.2. The van der Waals surface area contributed by atoms with Gasteiger partial charge in [-0.05, 0) is 39.3 Å². The van der Waals surface area contributed by atoms with E-state index in [0.717, 1.165) is 4.80 Å². The highest BCUT2D eigenvalue weighted by Gasteiger charge is 2.21. The van der Waals surface area contributed by atoms with E-state index in [0.29, 0.717) is 0 Å². The first-order valence-electron chi connectivity index (χ1n) is 5.09. The zero-order valence-electron chi connectivity index (χ0n) is 9.98. The first-order valence-corrected chi connectivity index (χ1v) is 7.37. The molecule has 2 rings (SSSR count). The van der Waals surface area contributed by atoms with Gasteiger partial charge in [0.25, 0.3) is 16.0 Å². The molecule has 0 fully saturated rings. The number of hydrogen-bond donors (Lipinski definition) is 2. The number of carboxylic acid groups (broad SMARTS) is 1. The molecule has 2 aromatic rings. The number of aromatic carboxylic acids is 1. The van der Waals surface area contributed by atoms with Gasteiger partial charge >= 0.3 is 5.97 Å². The van der Waals surface area contributed by atoms with Gasteiger partial charge in [0.1, 0.15) is 4.90 Å². The predicted molar refractivity (Wildman–Crippen MR) is 70.7 cm³/mol. The number of sulfonamides is 1. The van der Waals surface area contributed by atoms with Crippen LogP contribution in [0.1, 0.15) is 10.4 Å². The minimum absolute atomic E-state index is 0.0338. The Kier molecular flexibility index (Phi) is 3.72. The number of halogens is 1. The maximum absolute atomic E-state index is 12.1. The summed E-state index contributed by atoms with van der Waals surface area (Å²) in [5.74, 6) is -1.33. The number of tetrazole rings is 1. The van der Waals surface area contributed by atoms with Crippen LogP contribution in [0.2, 0.25) is 0 Å². The molecule has 20 heavy (non-hydrogen) atoms. The minimum Gasteiger partial charge on any atom is -0.478 e. The summed E-state index contributed by atoms with van der Waals surface area (Å²) in [4.78, 5) is 11.8. The fraction of sp³-hybridized carbons (Fsp3) is 0.111. The number of nitrogens with one attached hydrogen (secondary N) is 1. The number of anilines is 1. The van der Waals surface area contributed by atoms with E-state index in [1.54, 1.807) is 0 Å². The van der Waals surface area contributed by atoms with Crippen molar-refractivity contribution < 1.29 is 18.3 Å². The number of carboxylic acids is 1. The van der Waals surface area contributed by atoms with E-state index in [4.69, 9.17) is 5.11 Å². The summed E-state index contributed by atoms with van der Waals surface area (Å²) in [5, 5.41) is 19.5. The molecule has 0 saturated carbocycles. The van der Waals surface area contributed by atoms with Crippen molar-refractivity contribution in [1.82, 2.24) is 20.2 Å². The van der Waals surface area contributed by atoms with Gasteiger partial charge in [-0.1, -0.05) is 5.10 Å². The molecule has 106 valence electrons. The lowest BCUT2D eigenvalue weighted by Crippen LogP contribution is -2.15. The SMILES string of the molecule is Cn1nnc(NS(=O)(=O)c2ccc(C(=O)O)cc2Br)n1. The maximum Gasteiger partial charge on any atom is 0.335 e. The van der Waals surface area contributed by atoms with Gasteiger partial charge in [0, 0.05) is 4.47 Å². The Hall–Kier alpha value is -2.01. The van der Waals surface area contributed by atoms with Gasteiger partial charge < -0.3 is 5.11 Å². The van der Waals surface area contributed by atoms with Crippen molar-refractivity contribution >= 4 is 37.9 Å². The average Bonchev–Trinajstić information content (AvgIpc) is 2.73. The van der Waals surface area contributed by atoms with Crippen molar-refractivity contribution in [3.05, 3.63) is 28.2 Å². The Bertz CT molecular complexity index is 772. The number of nitrogens with zero attached hydrogens (tertiary/aromatic N) is 4. The van der Waals surface area contributed by atoms with Crippen molar-refractivity contribution in [2.75, 3.05) is 4.72 Å². The molecule has 11 heteroatoms. The summed E-state index contributed by atoms with van der Waals surface area (Å²) in [6.45, 7) is 0. The Morgan fingerprint density at radius 2 is 2.15 bits per heavy atom. The number of benzene rings is 1. The van der Waals surface area contributed by atoms with Crippen LogP contribution in [0.15, 0.2) is 27.6 Å². The Labute approximate surface area is 121 Å². The molecule has 0 atom stereocenters. The van der Waals surface area contributed by atoms with Crippen LogP contribution in [0, 0.1) is 0 Å². The van der Waals surface area contributed by atoms with Gasteiger partial charge in [0.15, 0.2) is 0 Å². The van der Waals surface area contributed by atoms with Crippen LogP contribution >= 0.6 is 15.9 Å². The summed E-state index contributed by atoms with van der Waals surface area (Å²) in [7, 11) is -2.45. The van der Waals surface area contributed by atoms with Crippen LogP contribution in [0.4, 0.5) is 5.95 Å². The zero-order chi connectivity index (χ0) is 14.9. The van der Waals surface area contributed by atoms with Gasteiger partial charge in [-0.25, -0.2) is 17.9 Å². The molecule has 9 nitrogen and oxygen atoms in total. The summed E-state index contributed by atoms with van der Waals surface area (Å²) >= 11 is 3.03. The molecule has 0 spiro atoms. The van der Waals surface area contributed by atoms with E-state index in [9.17, 15) is 13.2 Å². The predicted octanol–water partition coefficient (Wildman–Crippen LogP) is 0.472. The molecule has 0 unspecified atom stereocenters. The highest BCUT2D eigenvalue weighted by molar-refractivity contribution is 9.10. The highest BCUT2D eigenvalue weighted by Crippen LogP contribution is 2.24. The van der Waals surface area contributed by atoms with Gasteiger partial charge in [-0.3, -0.25) is 0 Å². The first kappa shape index (κ1) is 14.4. The number of aryl methyl sites for hydroxylation is 1. The Morgan fingerprint density at radius 3 is 2.65 bits per heavy atom. The smallest absolute Gasteiger partial charge is 0.335 e. The van der Waals surface area contributed by atoms with Gasteiger partial charge in [0.2, 0.25) is 0 Å². The third-order valence-corrected chi connectivity index (χ3v) is 4.51. The molecule has 0 aliphatic carbocycles. The van der Waals surface area contributed by atoms with Crippen LogP contribution in [-0.4, -0.2) is 39.7 Å². The van der Waals surface area contributed by atoms with Crippen LogP contribution in [0.5, 0.6) is 0 Å².